The second-order valence-corrected chi connectivity index (χ2v) is 6.26. The molecule has 3 rings (SSSR count). The summed E-state index contributed by atoms with van der Waals surface area (Å²) in [6, 6.07) is 18.0. The molecule has 0 saturated carbocycles. The van der Waals surface area contributed by atoms with Gasteiger partial charge in [0.2, 0.25) is 0 Å². The lowest BCUT2D eigenvalue weighted by molar-refractivity contribution is 0.172. The van der Waals surface area contributed by atoms with Crippen molar-refractivity contribution in [2.75, 3.05) is 32.7 Å². The van der Waals surface area contributed by atoms with Gasteiger partial charge in [-0.3, -0.25) is 9.98 Å². The first-order valence-corrected chi connectivity index (χ1v) is 9.32. The summed E-state index contributed by atoms with van der Waals surface area (Å²) in [6.45, 7) is 1.97. The maximum absolute atomic E-state index is 5.75. The molecule has 0 aliphatic heterocycles. The van der Waals surface area contributed by atoms with Crippen molar-refractivity contribution >= 4 is 46.5 Å². The minimum Gasteiger partial charge on any atom is -0.493 e. The molecule has 1 aromatic heterocycles. The van der Waals surface area contributed by atoms with Crippen LogP contribution in [0.15, 0.2) is 65.8 Å². The SMILES string of the molecule is CN=C(NCc1ccnc2ccccc12)Nc1cccc(OCCCOC)c1.I. The number of pyridine rings is 1. The Morgan fingerprint density at radius 1 is 1.07 bits per heavy atom. The van der Waals surface area contributed by atoms with E-state index in [1.165, 1.54) is 5.56 Å². The van der Waals surface area contributed by atoms with Gasteiger partial charge in [-0.15, -0.1) is 24.0 Å². The van der Waals surface area contributed by atoms with E-state index in [4.69, 9.17) is 9.47 Å². The third-order valence-corrected chi connectivity index (χ3v) is 4.27. The fraction of sp³-hybridized carbons (Fsp3) is 0.273. The Kier molecular flexibility index (Phi) is 9.66. The fourth-order valence-corrected chi connectivity index (χ4v) is 2.86. The Bertz CT molecular complexity index is 928. The van der Waals surface area contributed by atoms with Crippen LogP contribution in [0.3, 0.4) is 0 Å². The average molecular weight is 506 g/mol. The Morgan fingerprint density at radius 2 is 1.93 bits per heavy atom. The van der Waals surface area contributed by atoms with Crippen molar-refractivity contribution < 1.29 is 9.47 Å². The number of ether oxygens (including phenoxy) is 2. The quantitative estimate of drug-likeness (QED) is 0.205. The highest BCUT2D eigenvalue weighted by Gasteiger charge is 2.04. The molecule has 3 aromatic rings. The molecule has 0 radical (unpaired) electrons. The van der Waals surface area contributed by atoms with E-state index in [1.807, 2.05) is 54.7 Å². The van der Waals surface area contributed by atoms with Gasteiger partial charge >= 0.3 is 0 Å². The Balaban J connectivity index is 0.00000300. The molecule has 0 aliphatic carbocycles. The van der Waals surface area contributed by atoms with Gasteiger partial charge in [0.15, 0.2) is 5.96 Å². The van der Waals surface area contributed by atoms with Gasteiger partial charge in [0.05, 0.1) is 12.1 Å². The van der Waals surface area contributed by atoms with E-state index < -0.39 is 0 Å². The maximum Gasteiger partial charge on any atom is 0.195 e. The number of methoxy groups -OCH3 is 1. The number of hydrogen-bond donors (Lipinski definition) is 2. The summed E-state index contributed by atoms with van der Waals surface area (Å²) in [4.78, 5) is 8.72. The predicted molar refractivity (Wildman–Crippen MR) is 129 cm³/mol. The Labute approximate surface area is 188 Å². The number of benzene rings is 2. The van der Waals surface area contributed by atoms with Crippen molar-refractivity contribution in [2.24, 2.45) is 4.99 Å². The number of aliphatic imine (C=N–C) groups is 1. The van der Waals surface area contributed by atoms with E-state index in [-0.39, 0.29) is 24.0 Å². The van der Waals surface area contributed by atoms with Crippen LogP contribution in [0.5, 0.6) is 5.75 Å². The largest absolute Gasteiger partial charge is 0.493 e. The molecule has 0 bridgehead atoms. The number of nitrogens with zero attached hydrogens (tertiary/aromatic N) is 2. The number of fused-ring (bicyclic) bond motifs is 1. The van der Waals surface area contributed by atoms with Crippen LogP contribution in [0.2, 0.25) is 0 Å². The Hall–Kier alpha value is -2.39. The van der Waals surface area contributed by atoms with Crippen molar-refractivity contribution in [1.29, 1.82) is 0 Å². The molecule has 154 valence electrons. The van der Waals surface area contributed by atoms with Crippen molar-refractivity contribution in [1.82, 2.24) is 10.3 Å². The first kappa shape index (κ1) is 22.9. The summed E-state index contributed by atoms with van der Waals surface area (Å²) in [5.74, 6) is 1.51. The molecule has 0 saturated heterocycles. The number of aromatic nitrogens is 1. The molecular formula is C22H27IN4O2. The lowest BCUT2D eigenvalue weighted by atomic mass is 10.1. The molecule has 2 aromatic carbocycles. The molecule has 1 heterocycles. The van der Waals surface area contributed by atoms with E-state index >= 15 is 0 Å². The number of anilines is 1. The highest BCUT2D eigenvalue weighted by atomic mass is 127. The van der Waals surface area contributed by atoms with Crippen LogP contribution in [-0.2, 0) is 11.3 Å². The van der Waals surface area contributed by atoms with Crippen molar-refractivity contribution in [3.8, 4) is 5.75 Å². The van der Waals surface area contributed by atoms with Crippen molar-refractivity contribution in [2.45, 2.75) is 13.0 Å². The Morgan fingerprint density at radius 3 is 2.76 bits per heavy atom. The van der Waals surface area contributed by atoms with Crippen LogP contribution in [0.25, 0.3) is 10.9 Å². The van der Waals surface area contributed by atoms with Crippen LogP contribution < -0.4 is 15.4 Å². The lowest BCUT2D eigenvalue weighted by Gasteiger charge is -2.14. The highest BCUT2D eigenvalue weighted by Crippen LogP contribution is 2.18. The minimum atomic E-state index is 0. The third-order valence-electron chi connectivity index (χ3n) is 4.27. The molecule has 0 spiro atoms. The molecule has 0 amide bonds. The van der Waals surface area contributed by atoms with E-state index in [0.29, 0.717) is 25.7 Å². The second-order valence-electron chi connectivity index (χ2n) is 6.26. The van der Waals surface area contributed by atoms with Gasteiger partial charge in [-0.1, -0.05) is 24.3 Å². The van der Waals surface area contributed by atoms with Crippen LogP contribution in [0, 0.1) is 0 Å². The van der Waals surface area contributed by atoms with Gasteiger partial charge in [-0.2, -0.15) is 0 Å². The smallest absolute Gasteiger partial charge is 0.195 e. The normalized spacial score (nSPS) is 11.0. The van der Waals surface area contributed by atoms with Crippen LogP contribution >= 0.6 is 24.0 Å². The number of rotatable bonds is 8. The van der Waals surface area contributed by atoms with Gasteiger partial charge < -0.3 is 20.1 Å². The predicted octanol–water partition coefficient (Wildman–Crippen LogP) is 4.46. The molecule has 0 unspecified atom stereocenters. The molecule has 2 N–H and O–H groups in total. The summed E-state index contributed by atoms with van der Waals surface area (Å²) in [5, 5.41) is 7.81. The monoisotopic (exact) mass is 506 g/mol. The average Bonchev–Trinajstić information content (AvgIpc) is 2.74. The zero-order chi connectivity index (χ0) is 19.6. The second kappa shape index (κ2) is 12.2. The zero-order valence-electron chi connectivity index (χ0n) is 16.7. The zero-order valence-corrected chi connectivity index (χ0v) is 19.1. The molecular weight excluding hydrogens is 479 g/mol. The van der Waals surface area contributed by atoms with Gasteiger partial charge in [0.25, 0.3) is 0 Å². The van der Waals surface area contributed by atoms with Crippen molar-refractivity contribution in [3.05, 3.63) is 66.4 Å². The van der Waals surface area contributed by atoms with E-state index in [0.717, 1.165) is 28.8 Å². The number of nitrogens with one attached hydrogen (secondary N) is 2. The molecule has 0 fully saturated rings. The minimum absolute atomic E-state index is 0. The van der Waals surface area contributed by atoms with Gasteiger partial charge in [-0.05, 0) is 29.8 Å². The summed E-state index contributed by atoms with van der Waals surface area (Å²) in [7, 11) is 3.45. The molecule has 0 aliphatic rings. The van der Waals surface area contributed by atoms with E-state index in [2.05, 4.69) is 26.7 Å². The van der Waals surface area contributed by atoms with Gasteiger partial charge in [-0.25, -0.2) is 0 Å². The van der Waals surface area contributed by atoms with Crippen LogP contribution in [-0.4, -0.2) is 38.3 Å². The number of hydrogen-bond acceptors (Lipinski definition) is 4. The number of para-hydroxylation sites is 1. The van der Waals surface area contributed by atoms with Gasteiger partial charge in [0.1, 0.15) is 5.75 Å². The van der Waals surface area contributed by atoms with Crippen LogP contribution in [0.1, 0.15) is 12.0 Å². The number of guanidine groups is 1. The summed E-state index contributed by atoms with van der Waals surface area (Å²) in [6.07, 6.45) is 2.69. The first-order chi connectivity index (χ1) is 13.8. The van der Waals surface area contributed by atoms with Gasteiger partial charge in [0, 0.05) is 57.1 Å². The fourth-order valence-electron chi connectivity index (χ4n) is 2.86. The topological polar surface area (TPSA) is 67.8 Å². The van der Waals surface area contributed by atoms with Crippen LogP contribution in [0.4, 0.5) is 5.69 Å². The summed E-state index contributed by atoms with van der Waals surface area (Å²) < 4.78 is 10.8. The molecule has 7 heteroatoms. The maximum atomic E-state index is 5.75. The van der Waals surface area contributed by atoms with E-state index in [1.54, 1.807) is 14.2 Å². The molecule has 6 nitrogen and oxygen atoms in total. The summed E-state index contributed by atoms with van der Waals surface area (Å²) >= 11 is 0. The molecule has 29 heavy (non-hydrogen) atoms. The van der Waals surface area contributed by atoms with Crippen molar-refractivity contribution in [3.63, 3.8) is 0 Å². The summed E-state index contributed by atoms with van der Waals surface area (Å²) in [5.41, 5.74) is 3.07. The standard InChI is InChI=1S/C22H26N4O2.HI/c1-23-22(25-16-17-11-12-24-21-10-4-3-9-20(17)21)26-18-7-5-8-19(15-18)28-14-6-13-27-2;/h3-5,7-12,15H,6,13-14,16H2,1-2H3,(H2,23,25,26);1H. The third kappa shape index (κ3) is 6.86. The first-order valence-electron chi connectivity index (χ1n) is 9.32. The highest BCUT2D eigenvalue weighted by molar-refractivity contribution is 14.0. The molecule has 0 atom stereocenters. The van der Waals surface area contributed by atoms with E-state index in [9.17, 15) is 0 Å². The number of halogens is 1. The lowest BCUT2D eigenvalue weighted by Crippen LogP contribution is -2.30.